The molecule has 0 unspecified atom stereocenters. The quantitative estimate of drug-likeness (QED) is 0.657. The van der Waals surface area contributed by atoms with Gasteiger partial charge < -0.3 is 14.8 Å². The fraction of sp³-hybridized carbons (Fsp3) is 0.500. The van der Waals surface area contributed by atoms with Crippen LogP contribution in [0, 0.1) is 9.62 Å². The third kappa shape index (κ3) is 4.70. The van der Waals surface area contributed by atoms with Crippen molar-refractivity contribution in [1.29, 1.82) is 0 Å². The van der Waals surface area contributed by atoms with Crippen LogP contribution in [0.25, 0.3) is 10.9 Å². The number of aromatic nitrogens is 1. The zero-order valence-electron chi connectivity index (χ0n) is 14.4. The molecule has 2 aromatic rings. The number of likely N-dealkylation sites (tertiary alicyclic amines) is 1. The number of anilines is 1. The Bertz CT molecular complexity index is 795. The maximum atomic E-state index is 12.8. The molecular formula is C18H21F3IN3O. The average molecular weight is 479 g/mol. The number of carbonyl (C=O) groups excluding carboxylic acids is 1. The third-order valence-electron chi connectivity index (χ3n) is 4.82. The molecule has 1 amide bonds. The predicted molar refractivity (Wildman–Crippen MR) is 104 cm³/mol. The molecular weight excluding hydrogens is 458 g/mol. The molecule has 1 aliphatic heterocycles. The highest BCUT2D eigenvalue weighted by molar-refractivity contribution is 14.1. The SMILES string of the molecule is CN1CCC(CC(=O)Nc2cccc3c2cc(I)n3CC(F)(F)F)CC1. The zero-order chi connectivity index (χ0) is 18.9. The minimum Gasteiger partial charge on any atom is -0.327 e. The Morgan fingerprint density at radius 1 is 1.31 bits per heavy atom. The lowest BCUT2D eigenvalue weighted by Gasteiger charge is -2.28. The summed E-state index contributed by atoms with van der Waals surface area (Å²) in [6, 6.07) is 6.75. The molecule has 4 nitrogen and oxygen atoms in total. The highest BCUT2D eigenvalue weighted by Crippen LogP contribution is 2.31. The fourth-order valence-electron chi connectivity index (χ4n) is 3.43. The van der Waals surface area contributed by atoms with Crippen LogP contribution in [-0.4, -0.2) is 41.7 Å². The smallest absolute Gasteiger partial charge is 0.327 e. The second-order valence-corrected chi connectivity index (χ2v) is 8.01. The third-order valence-corrected chi connectivity index (χ3v) is 5.71. The second kappa shape index (κ2) is 7.75. The molecule has 3 rings (SSSR count). The van der Waals surface area contributed by atoms with E-state index in [1.54, 1.807) is 24.3 Å². The van der Waals surface area contributed by atoms with Crippen molar-refractivity contribution < 1.29 is 18.0 Å². The van der Waals surface area contributed by atoms with Crippen LogP contribution in [0.3, 0.4) is 0 Å². The summed E-state index contributed by atoms with van der Waals surface area (Å²) in [5, 5.41) is 3.53. The van der Waals surface area contributed by atoms with E-state index in [1.165, 1.54) is 4.57 Å². The summed E-state index contributed by atoms with van der Waals surface area (Å²) in [4.78, 5) is 14.7. The Hall–Kier alpha value is -1.29. The Morgan fingerprint density at radius 2 is 2.00 bits per heavy atom. The molecule has 0 bridgehead atoms. The van der Waals surface area contributed by atoms with Gasteiger partial charge in [-0.3, -0.25) is 4.79 Å². The van der Waals surface area contributed by atoms with Crippen molar-refractivity contribution in [2.45, 2.75) is 32.0 Å². The number of amides is 1. The number of nitrogens with zero attached hydrogens (tertiary/aromatic N) is 2. The Kier molecular flexibility index (Phi) is 5.81. The van der Waals surface area contributed by atoms with E-state index in [2.05, 4.69) is 17.3 Å². The molecule has 1 aromatic heterocycles. The topological polar surface area (TPSA) is 37.3 Å². The van der Waals surface area contributed by atoms with Gasteiger partial charge in [0, 0.05) is 11.8 Å². The van der Waals surface area contributed by atoms with Crippen LogP contribution < -0.4 is 5.32 Å². The van der Waals surface area contributed by atoms with Gasteiger partial charge in [-0.05, 0) is 79.7 Å². The van der Waals surface area contributed by atoms with Gasteiger partial charge in [0.1, 0.15) is 6.54 Å². The number of halogens is 4. The Balaban J connectivity index is 1.76. The van der Waals surface area contributed by atoms with Crippen molar-refractivity contribution in [3.05, 3.63) is 28.0 Å². The number of fused-ring (bicyclic) bond motifs is 1. The zero-order valence-corrected chi connectivity index (χ0v) is 16.6. The molecule has 0 aliphatic carbocycles. The van der Waals surface area contributed by atoms with E-state index in [1.807, 2.05) is 22.6 Å². The summed E-state index contributed by atoms with van der Waals surface area (Å²) in [5.74, 6) is 0.283. The van der Waals surface area contributed by atoms with Crippen LogP contribution in [0.15, 0.2) is 24.3 Å². The predicted octanol–water partition coefficient (Wildman–Crippen LogP) is 4.48. The molecule has 1 fully saturated rings. The van der Waals surface area contributed by atoms with E-state index in [0.29, 0.717) is 32.6 Å². The lowest BCUT2D eigenvalue weighted by Crippen LogP contribution is -2.31. The number of hydrogen-bond donors (Lipinski definition) is 1. The van der Waals surface area contributed by atoms with Crippen LogP contribution in [0.5, 0.6) is 0 Å². The molecule has 1 N–H and O–H groups in total. The van der Waals surface area contributed by atoms with Gasteiger partial charge in [0.2, 0.25) is 5.91 Å². The van der Waals surface area contributed by atoms with Gasteiger partial charge >= 0.3 is 6.18 Å². The summed E-state index contributed by atoms with van der Waals surface area (Å²) in [5.41, 5.74) is 1.04. The molecule has 1 aliphatic rings. The van der Waals surface area contributed by atoms with Crippen LogP contribution in [-0.2, 0) is 11.3 Å². The van der Waals surface area contributed by atoms with Gasteiger partial charge in [-0.2, -0.15) is 13.2 Å². The summed E-state index contributed by atoms with van der Waals surface area (Å²) >= 11 is 1.90. The maximum absolute atomic E-state index is 12.8. The number of nitrogens with one attached hydrogen (secondary N) is 1. The minimum absolute atomic E-state index is 0.0781. The van der Waals surface area contributed by atoms with Crippen molar-refractivity contribution in [2.75, 3.05) is 25.5 Å². The summed E-state index contributed by atoms with van der Waals surface area (Å²) in [6.45, 7) is 0.944. The van der Waals surface area contributed by atoms with Gasteiger partial charge in [0.05, 0.1) is 14.9 Å². The molecule has 0 spiro atoms. The number of rotatable bonds is 4. The summed E-state index contributed by atoms with van der Waals surface area (Å²) in [7, 11) is 2.07. The molecule has 0 radical (unpaired) electrons. The van der Waals surface area contributed by atoms with E-state index in [4.69, 9.17) is 0 Å². The Labute approximate surface area is 163 Å². The van der Waals surface area contributed by atoms with Gasteiger partial charge in [-0.25, -0.2) is 0 Å². The van der Waals surface area contributed by atoms with Crippen LogP contribution in [0.1, 0.15) is 19.3 Å². The van der Waals surface area contributed by atoms with Gasteiger partial charge in [-0.15, -0.1) is 0 Å². The highest BCUT2D eigenvalue weighted by Gasteiger charge is 2.29. The molecule has 0 saturated carbocycles. The first-order chi connectivity index (χ1) is 12.2. The largest absolute Gasteiger partial charge is 0.406 e. The van der Waals surface area contributed by atoms with E-state index in [0.717, 1.165) is 25.9 Å². The van der Waals surface area contributed by atoms with Crippen molar-refractivity contribution in [2.24, 2.45) is 5.92 Å². The normalized spacial score (nSPS) is 17.0. The molecule has 26 heavy (non-hydrogen) atoms. The maximum Gasteiger partial charge on any atom is 0.406 e. The van der Waals surface area contributed by atoms with E-state index in [-0.39, 0.29) is 5.91 Å². The monoisotopic (exact) mass is 479 g/mol. The van der Waals surface area contributed by atoms with Crippen LogP contribution >= 0.6 is 22.6 Å². The van der Waals surface area contributed by atoms with Crippen LogP contribution in [0.4, 0.5) is 18.9 Å². The van der Waals surface area contributed by atoms with E-state index >= 15 is 0 Å². The van der Waals surface area contributed by atoms with E-state index in [9.17, 15) is 18.0 Å². The minimum atomic E-state index is -4.29. The van der Waals surface area contributed by atoms with Gasteiger partial charge in [0.25, 0.3) is 0 Å². The first-order valence-electron chi connectivity index (χ1n) is 8.56. The molecule has 0 atom stereocenters. The molecule has 1 saturated heterocycles. The van der Waals surface area contributed by atoms with Crippen molar-refractivity contribution in [1.82, 2.24) is 9.47 Å². The number of hydrogen-bond acceptors (Lipinski definition) is 2. The van der Waals surface area contributed by atoms with Crippen molar-refractivity contribution in [3.8, 4) is 0 Å². The first-order valence-corrected chi connectivity index (χ1v) is 9.64. The second-order valence-electron chi connectivity index (χ2n) is 6.91. The van der Waals surface area contributed by atoms with Gasteiger partial charge in [0.15, 0.2) is 0 Å². The molecule has 1 aromatic carbocycles. The van der Waals surface area contributed by atoms with Crippen LogP contribution in [0.2, 0.25) is 0 Å². The first kappa shape index (κ1) is 19.5. The van der Waals surface area contributed by atoms with Crippen molar-refractivity contribution in [3.63, 3.8) is 0 Å². The molecule has 142 valence electrons. The number of piperidine rings is 1. The lowest BCUT2D eigenvalue weighted by molar-refractivity contribution is -0.140. The molecule has 8 heteroatoms. The summed E-state index contributed by atoms with van der Waals surface area (Å²) in [6.07, 6.45) is -1.86. The lowest BCUT2D eigenvalue weighted by atomic mass is 9.93. The summed E-state index contributed by atoms with van der Waals surface area (Å²) < 4.78 is 40.2. The highest BCUT2D eigenvalue weighted by atomic mass is 127. The van der Waals surface area contributed by atoms with Crippen molar-refractivity contribution >= 4 is 45.1 Å². The van der Waals surface area contributed by atoms with E-state index < -0.39 is 12.7 Å². The standard InChI is InChI=1S/C18H21F3IN3O/c1-24-7-5-12(6-8-24)9-17(26)23-14-3-2-4-15-13(14)10-16(22)25(15)11-18(19,20)21/h2-4,10,12H,5-9,11H2,1H3,(H,23,26). The fourth-order valence-corrected chi connectivity index (χ4v) is 4.17. The Morgan fingerprint density at radius 3 is 2.65 bits per heavy atom. The number of carbonyl (C=O) groups is 1. The number of benzene rings is 1. The number of alkyl halides is 3. The molecule has 2 heterocycles. The van der Waals surface area contributed by atoms with Gasteiger partial charge in [-0.1, -0.05) is 6.07 Å². The average Bonchev–Trinajstić information content (AvgIpc) is 2.85.